The monoisotopic (exact) mass is 247 g/mol. The highest BCUT2D eigenvalue weighted by atomic mass is 15.3. The van der Waals surface area contributed by atoms with Crippen LogP contribution in [0.25, 0.3) is 5.78 Å². The van der Waals surface area contributed by atoms with E-state index in [2.05, 4.69) is 40.3 Å². The van der Waals surface area contributed by atoms with E-state index in [1.54, 1.807) is 10.8 Å². The van der Waals surface area contributed by atoms with Crippen LogP contribution in [0.15, 0.2) is 12.4 Å². The van der Waals surface area contributed by atoms with Crippen LogP contribution in [0.1, 0.15) is 45.2 Å². The zero-order chi connectivity index (χ0) is 12.8. The number of anilines is 1. The molecule has 98 valence electrons. The Morgan fingerprint density at radius 3 is 2.83 bits per heavy atom. The molecule has 0 spiro atoms. The summed E-state index contributed by atoms with van der Waals surface area (Å²) in [5.41, 5.74) is 1.09. The Bertz CT molecular complexity index is 491. The molecule has 0 atom stereocenters. The van der Waals surface area contributed by atoms with Crippen LogP contribution in [0.5, 0.6) is 0 Å². The van der Waals surface area contributed by atoms with Crippen LogP contribution in [0, 0.1) is 0 Å². The summed E-state index contributed by atoms with van der Waals surface area (Å²) in [5, 5.41) is 7.61. The Hall–Kier alpha value is -1.65. The maximum absolute atomic E-state index is 4.51. The minimum Gasteiger partial charge on any atom is -0.370 e. The first-order chi connectivity index (χ1) is 8.85. The van der Waals surface area contributed by atoms with Crippen molar-refractivity contribution in [3.8, 4) is 0 Å². The summed E-state index contributed by atoms with van der Waals surface area (Å²) < 4.78 is 1.77. The normalized spacial score (nSPS) is 11.0. The SMILES string of the molecule is CCCCNc1cc(CCCC)nc2ncnn12. The Labute approximate surface area is 108 Å². The van der Waals surface area contributed by atoms with Crippen molar-refractivity contribution in [2.45, 2.75) is 46.0 Å². The molecule has 1 N–H and O–H groups in total. The minimum absolute atomic E-state index is 0.683. The molecule has 0 aliphatic rings. The number of aromatic nitrogens is 4. The lowest BCUT2D eigenvalue weighted by molar-refractivity contribution is 0.769. The van der Waals surface area contributed by atoms with Crippen molar-refractivity contribution in [3.63, 3.8) is 0 Å². The fraction of sp³-hybridized carbons (Fsp3) is 0.615. The molecule has 0 aliphatic carbocycles. The van der Waals surface area contributed by atoms with E-state index >= 15 is 0 Å². The number of fused-ring (bicyclic) bond motifs is 1. The average molecular weight is 247 g/mol. The smallest absolute Gasteiger partial charge is 0.254 e. The third-order valence-electron chi connectivity index (χ3n) is 2.93. The fourth-order valence-corrected chi connectivity index (χ4v) is 1.87. The lowest BCUT2D eigenvalue weighted by Crippen LogP contribution is -2.09. The van der Waals surface area contributed by atoms with Gasteiger partial charge < -0.3 is 5.32 Å². The Kier molecular flexibility index (Phi) is 4.50. The summed E-state index contributed by atoms with van der Waals surface area (Å²) in [6, 6.07) is 2.09. The predicted octanol–water partition coefficient (Wildman–Crippen LogP) is 2.68. The van der Waals surface area contributed by atoms with E-state index in [0.29, 0.717) is 5.78 Å². The molecule has 5 nitrogen and oxygen atoms in total. The highest BCUT2D eigenvalue weighted by Gasteiger charge is 2.06. The number of hydrogen-bond acceptors (Lipinski definition) is 4. The summed E-state index contributed by atoms with van der Waals surface area (Å²) in [6.45, 7) is 5.34. The zero-order valence-corrected chi connectivity index (χ0v) is 11.2. The third-order valence-corrected chi connectivity index (χ3v) is 2.93. The van der Waals surface area contributed by atoms with E-state index < -0.39 is 0 Å². The van der Waals surface area contributed by atoms with E-state index in [9.17, 15) is 0 Å². The van der Waals surface area contributed by atoms with Crippen molar-refractivity contribution in [1.29, 1.82) is 0 Å². The molecule has 0 bridgehead atoms. The summed E-state index contributed by atoms with van der Waals surface area (Å²) in [4.78, 5) is 8.69. The third kappa shape index (κ3) is 2.97. The van der Waals surface area contributed by atoms with Gasteiger partial charge in [0.1, 0.15) is 12.1 Å². The van der Waals surface area contributed by atoms with Crippen molar-refractivity contribution >= 4 is 11.6 Å². The van der Waals surface area contributed by atoms with Crippen molar-refractivity contribution in [2.24, 2.45) is 0 Å². The van der Waals surface area contributed by atoms with Crippen LogP contribution in [-0.2, 0) is 6.42 Å². The van der Waals surface area contributed by atoms with E-state index in [4.69, 9.17) is 0 Å². The molecule has 0 aliphatic heterocycles. The van der Waals surface area contributed by atoms with Gasteiger partial charge in [0.15, 0.2) is 0 Å². The molecule has 0 saturated heterocycles. The van der Waals surface area contributed by atoms with Crippen LogP contribution in [-0.4, -0.2) is 26.1 Å². The standard InChI is InChI=1S/C13H21N5/c1-3-5-7-11-9-12(14-8-6-4-2)18-13(17-11)15-10-16-18/h9-10,14H,3-8H2,1-2H3. The van der Waals surface area contributed by atoms with Gasteiger partial charge in [-0.2, -0.15) is 14.6 Å². The first kappa shape index (κ1) is 12.8. The van der Waals surface area contributed by atoms with Gasteiger partial charge in [-0.05, 0) is 19.3 Å². The number of aryl methyl sites for hydroxylation is 1. The van der Waals surface area contributed by atoms with Gasteiger partial charge in [-0.1, -0.05) is 26.7 Å². The zero-order valence-electron chi connectivity index (χ0n) is 11.2. The van der Waals surface area contributed by atoms with Crippen LogP contribution < -0.4 is 5.32 Å². The van der Waals surface area contributed by atoms with Gasteiger partial charge in [-0.15, -0.1) is 0 Å². The molecule has 18 heavy (non-hydrogen) atoms. The minimum atomic E-state index is 0.683. The number of nitrogens with one attached hydrogen (secondary N) is 1. The first-order valence-electron chi connectivity index (χ1n) is 6.78. The van der Waals surface area contributed by atoms with Crippen LogP contribution >= 0.6 is 0 Å². The molecular weight excluding hydrogens is 226 g/mol. The van der Waals surface area contributed by atoms with E-state index in [1.807, 2.05) is 0 Å². The molecule has 0 fully saturated rings. The molecule has 0 unspecified atom stereocenters. The number of hydrogen-bond donors (Lipinski definition) is 1. The molecule has 5 heteroatoms. The van der Waals surface area contributed by atoms with E-state index in [-0.39, 0.29) is 0 Å². The van der Waals surface area contributed by atoms with Crippen molar-refractivity contribution in [2.75, 3.05) is 11.9 Å². The van der Waals surface area contributed by atoms with E-state index in [1.165, 1.54) is 12.8 Å². The number of nitrogens with zero attached hydrogens (tertiary/aromatic N) is 4. The molecule has 2 heterocycles. The van der Waals surface area contributed by atoms with Crippen molar-refractivity contribution in [1.82, 2.24) is 19.6 Å². The van der Waals surface area contributed by atoms with Crippen LogP contribution in [0.4, 0.5) is 5.82 Å². The second-order valence-electron chi connectivity index (χ2n) is 4.49. The second-order valence-corrected chi connectivity index (χ2v) is 4.49. The maximum Gasteiger partial charge on any atom is 0.254 e. The molecule has 0 radical (unpaired) electrons. The molecule has 2 aromatic heterocycles. The largest absolute Gasteiger partial charge is 0.370 e. The van der Waals surface area contributed by atoms with Crippen LogP contribution in [0.3, 0.4) is 0 Å². The van der Waals surface area contributed by atoms with Gasteiger partial charge in [-0.25, -0.2) is 4.98 Å². The van der Waals surface area contributed by atoms with Gasteiger partial charge in [0.05, 0.1) is 0 Å². The Morgan fingerprint density at radius 2 is 2.06 bits per heavy atom. The van der Waals surface area contributed by atoms with Crippen molar-refractivity contribution < 1.29 is 0 Å². The van der Waals surface area contributed by atoms with Gasteiger partial charge in [0.25, 0.3) is 5.78 Å². The average Bonchev–Trinajstić information content (AvgIpc) is 2.85. The van der Waals surface area contributed by atoms with Crippen LogP contribution in [0.2, 0.25) is 0 Å². The molecule has 0 saturated carbocycles. The number of unbranched alkanes of at least 4 members (excludes halogenated alkanes) is 2. The van der Waals surface area contributed by atoms with Gasteiger partial charge >= 0.3 is 0 Å². The highest BCUT2D eigenvalue weighted by molar-refractivity contribution is 5.44. The predicted molar refractivity (Wildman–Crippen MR) is 72.8 cm³/mol. The maximum atomic E-state index is 4.51. The lowest BCUT2D eigenvalue weighted by atomic mass is 10.2. The summed E-state index contributed by atoms with van der Waals surface area (Å²) in [7, 11) is 0. The summed E-state index contributed by atoms with van der Waals surface area (Å²) in [5.74, 6) is 1.68. The topological polar surface area (TPSA) is 55.1 Å². The lowest BCUT2D eigenvalue weighted by Gasteiger charge is -2.09. The Morgan fingerprint density at radius 1 is 1.22 bits per heavy atom. The van der Waals surface area contributed by atoms with Gasteiger partial charge in [-0.3, -0.25) is 0 Å². The highest BCUT2D eigenvalue weighted by Crippen LogP contribution is 2.12. The molecular formula is C13H21N5. The first-order valence-corrected chi connectivity index (χ1v) is 6.78. The molecule has 0 amide bonds. The van der Waals surface area contributed by atoms with Gasteiger partial charge in [0, 0.05) is 18.3 Å². The van der Waals surface area contributed by atoms with Crippen molar-refractivity contribution in [3.05, 3.63) is 18.1 Å². The quantitative estimate of drug-likeness (QED) is 0.764. The second kappa shape index (κ2) is 6.33. The Balaban J connectivity index is 2.21. The number of rotatable bonds is 7. The fourth-order valence-electron chi connectivity index (χ4n) is 1.87. The molecule has 2 aromatic rings. The summed E-state index contributed by atoms with van der Waals surface area (Å²) >= 11 is 0. The van der Waals surface area contributed by atoms with Gasteiger partial charge in [0.2, 0.25) is 0 Å². The van der Waals surface area contributed by atoms with E-state index in [0.717, 1.165) is 37.3 Å². The summed E-state index contributed by atoms with van der Waals surface area (Å²) in [6.07, 6.45) is 7.23. The molecule has 2 rings (SSSR count). The molecule has 0 aromatic carbocycles.